The fraction of sp³-hybridized carbons (Fsp3) is 0.571. The van der Waals surface area contributed by atoms with Gasteiger partial charge in [0, 0.05) is 18.8 Å². The molecule has 0 bridgehead atoms. The van der Waals surface area contributed by atoms with E-state index < -0.39 is 0 Å². The zero-order valence-electron chi connectivity index (χ0n) is 10.5. The minimum atomic E-state index is 0.0162. The molecule has 96 valence electrons. The minimum Gasteiger partial charge on any atom is -0.397 e. The van der Waals surface area contributed by atoms with Crippen LogP contribution in [-0.4, -0.2) is 28.4 Å². The minimum absolute atomic E-state index is 0.0162. The summed E-state index contributed by atoms with van der Waals surface area (Å²) in [5.41, 5.74) is 6.75. The zero-order valence-corrected chi connectivity index (χ0v) is 10.5. The first-order valence-corrected chi connectivity index (χ1v) is 6.79. The van der Waals surface area contributed by atoms with Crippen LogP contribution in [0.1, 0.15) is 42.6 Å². The molecule has 1 aromatic heterocycles. The molecule has 1 aromatic rings. The Balaban J connectivity index is 1.83. The number of amides is 1. The van der Waals surface area contributed by atoms with Crippen LogP contribution in [0.4, 0.5) is 5.69 Å². The van der Waals surface area contributed by atoms with E-state index in [0.29, 0.717) is 23.3 Å². The van der Waals surface area contributed by atoms with Gasteiger partial charge in [0.25, 0.3) is 5.91 Å². The van der Waals surface area contributed by atoms with Crippen molar-refractivity contribution in [2.75, 3.05) is 12.3 Å². The lowest BCUT2D eigenvalue weighted by Gasteiger charge is -2.31. The highest BCUT2D eigenvalue weighted by Gasteiger charge is 2.39. The molecule has 2 aliphatic rings. The first kappa shape index (κ1) is 11.5. The van der Waals surface area contributed by atoms with Gasteiger partial charge in [-0.2, -0.15) is 0 Å². The average Bonchev–Trinajstić information content (AvgIpc) is 2.82. The number of nitrogens with zero attached hydrogens (tertiary/aromatic N) is 2. The van der Waals surface area contributed by atoms with Crippen LogP contribution in [0.5, 0.6) is 0 Å². The van der Waals surface area contributed by atoms with E-state index in [4.69, 9.17) is 5.73 Å². The van der Waals surface area contributed by atoms with Crippen molar-refractivity contribution in [3.05, 3.63) is 24.0 Å². The predicted molar refractivity (Wildman–Crippen MR) is 70.0 cm³/mol. The summed E-state index contributed by atoms with van der Waals surface area (Å²) in [7, 11) is 0. The Bertz CT molecular complexity index is 460. The molecule has 1 saturated carbocycles. The number of nitrogen functional groups attached to an aromatic ring is 1. The quantitative estimate of drug-likeness (QED) is 0.824. The van der Waals surface area contributed by atoms with Crippen molar-refractivity contribution < 1.29 is 4.79 Å². The number of hydrogen-bond donors (Lipinski definition) is 1. The van der Waals surface area contributed by atoms with E-state index in [1.807, 2.05) is 4.90 Å². The maximum Gasteiger partial charge on any atom is 0.274 e. The zero-order chi connectivity index (χ0) is 12.5. The van der Waals surface area contributed by atoms with Gasteiger partial charge in [0.15, 0.2) is 5.69 Å². The normalized spacial score (nSPS) is 27.0. The molecule has 1 aliphatic carbocycles. The standard InChI is InChI=1S/C14H19N3O/c15-11-5-3-8-16-13(11)14(18)17-9-7-10-4-1-2-6-12(10)17/h3,5,8,10,12H,1-2,4,6-7,9,15H2. The smallest absolute Gasteiger partial charge is 0.274 e. The van der Waals surface area contributed by atoms with Crippen LogP contribution in [0.25, 0.3) is 0 Å². The average molecular weight is 245 g/mol. The Kier molecular flexibility index (Phi) is 2.94. The topological polar surface area (TPSA) is 59.2 Å². The molecular formula is C14H19N3O. The third-order valence-electron chi connectivity index (χ3n) is 4.31. The van der Waals surface area contributed by atoms with Crippen LogP contribution in [0.3, 0.4) is 0 Å². The third-order valence-corrected chi connectivity index (χ3v) is 4.31. The highest BCUT2D eigenvalue weighted by molar-refractivity contribution is 5.97. The monoisotopic (exact) mass is 245 g/mol. The molecule has 0 aromatic carbocycles. The molecule has 4 nitrogen and oxygen atoms in total. The molecule has 2 heterocycles. The van der Waals surface area contributed by atoms with Gasteiger partial charge in [0.2, 0.25) is 0 Å². The largest absolute Gasteiger partial charge is 0.397 e. The summed E-state index contributed by atoms with van der Waals surface area (Å²) in [6, 6.07) is 3.93. The van der Waals surface area contributed by atoms with Gasteiger partial charge in [-0.1, -0.05) is 12.8 Å². The van der Waals surface area contributed by atoms with Gasteiger partial charge >= 0.3 is 0 Å². The van der Waals surface area contributed by atoms with E-state index >= 15 is 0 Å². The van der Waals surface area contributed by atoms with Gasteiger partial charge in [-0.15, -0.1) is 0 Å². The molecule has 2 atom stereocenters. The van der Waals surface area contributed by atoms with E-state index in [-0.39, 0.29) is 5.91 Å². The number of nitrogens with two attached hydrogens (primary N) is 1. The number of carbonyl (C=O) groups is 1. The molecule has 18 heavy (non-hydrogen) atoms. The lowest BCUT2D eigenvalue weighted by Crippen LogP contribution is -2.39. The number of rotatable bonds is 1. The van der Waals surface area contributed by atoms with Gasteiger partial charge in [0.1, 0.15) is 0 Å². The summed E-state index contributed by atoms with van der Waals surface area (Å²) in [5.74, 6) is 0.718. The summed E-state index contributed by atoms with van der Waals surface area (Å²) >= 11 is 0. The summed E-state index contributed by atoms with van der Waals surface area (Å²) in [6.07, 6.45) is 7.74. The van der Waals surface area contributed by atoms with Crippen molar-refractivity contribution in [3.63, 3.8) is 0 Å². The second-order valence-corrected chi connectivity index (χ2v) is 5.34. The van der Waals surface area contributed by atoms with E-state index in [1.54, 1.807) is 18.3 Å². The van der Waals surface area contributed by atoms with Gasteiger partial charge < -0.3 is 10.6 Å². The molecule has 2 fully saturated rings. The van der Waals surface area contributed by atoms with Crippen LogP contribution in [0.15, 0.2) is 18.3 Å². The Morgan fingerprint density at radius 3 is 3.00 bits per heavy atom. The number of pyridine rings is 1. The molecule has 2 N–H and O–H groups in total. The molecular weight excluding hydrogens is 226 g/mol. The molecule has 2 unspecified atom stereocenters. The van der Waals surface area contributed by atoms with Crippen LogP contribution in [-0.2, 0) is 0 Å². The number of likely N-dealkylation sites (tertiary alicyclic amines) is 1. The molecule has 0 spiro atoms. The maximum atomic E-state index is 12.5. The molecule has 0 radical (unpaired) electrons. The second kappa shape index (κ2) is 4.59. The number of fused-ring (bicyclic) bond motifs is 1. The van der Waals surface area contributed by atoms with Gasteiger partial charge in [-0.25, -0.2) is 4.98 Å². The van der Waals surface area contributed by atoms with E-state index in [1.165, 1.54) is 19.3 Å². The van der Waals surface area contributed by atoms with Crippen molar-refractivity contribution in [2.45, 2.75) is 38.1 Å². The molecule has 3 rings (SSSR count). The summed E-state index contributed by atoms with van der Waals surface area (Å²) in [6.45, 7) is 0.865. The summed E-state index contributed by atoms with van der Waals surface area (Å²) in [5, 5.41) is 0. The van der Waals surface area contributed by atoms with Gasteiger partial charge in [0.05, 0.1) is 5.69 Å². The van der Waals surface area contributed by atoms with E-state index in [2.05, 4.69) is 4.98 Å². The third kappa shape index (κ3) is 1.85. The summed E-state index contributed by atoms with van der Waals surface area (Å²) in [4.78, 5) is 18.7. The second-order valence-electron chi connectivity index (χ2n) is 5.34. The molecule has 4 heteroatoms. The number of carbonyl (C=O) groups excluding carboxylic acids is 1. The number of aromatic nitrogens is 1. The van der Waals surface area contributed by atoms with Crippen molar-refractivity contribution in [3.8, 4) is 0 Å². The molecule has 1 aliphatic heterocycles. The highest BCUT2D eigenvalue weighted by Crippen LogP contribution is 2.36. The van der Waals surface area contributed by atoms with Crippen molar-refractivity contribution >= 4 is 11.6 Å². The van der Waals surface area contributed by atoms with E-state index in [0.717, 1.165) is 19.4 Å². The number of hydrogen-bond acceptors (Lipinski definition) is 3. The predicted octanol–water partition coefficient (Wildman–Crippen LogP) is 2.07. The Morgan fingerprint density at radius 1 is 1.33 bits per heavy atom. The van der Waals surface area contributed by atoms with Crippen molar-refractivity contribution in [1.29, 1.82) is 0 Å². The van der Waals surface area contributed by atoms with Crippen LogP contribution in [0.2, 0.25) is 0 Å². The Hall–Kier alpha value is -1.58. The van der Waals surface area contributed by atoms with Crippen LogP contribution >= 0.6 is 0 Å². The lowest BCUT2D eigenvalue weighted by atomic mass is 9.85. The SMILES string of the molecule is Nc1cccnc1C(=O)N1CCC2CCCCC21. The van der Waals surface area contributed by atoms with E-state index in [9.17, 15) is 4.79 Å². The highest BCUT2D eigenvalue weighted by atomic mass is 16.2. The first-order valence-electron chi connectivity index (χ1n) is 6.79. The lowest BCUT2D eigenvalue weighted by molar-refractivity contribution is 0.0685. The fourth-order valence-corrected chi connectivity index (χ4v) is 3.39. The molecule has 1 saturated heterocycles. The van der Waals surface area contributed by atoms with Gasteiger partial charge in [-0.3, -0.25) is 4.79 Å². The maximum absolute atomic E-state index is 12.5. The summed E-state index contributed by atoms with van der Waals surface area (Å²) < 4.78 is 0. The number of anilines is 1. The van der Waals surface area contributed by atoms with Crippen molar-refractivity contribution in [1.82, 2.24) is 9.88 Å². The Labute approximate surface area is 107 Å². The fourth-order valence-electron chi connectivity index (χ4n) is 3.39. The van der Waals surface area contributed by atoms with Crippen LogP contribution < -0.4 is 5.73 Å². The first-order chi connectivity index (χ1) is 8.77. The van der Waals surface area contributed by atoms with Crippen molar-refractivity contribution in [2.24, 2.45) is 5.92 Å². The van der Waals surface area contributed by atoms with Crippen LogP contribution in [0, 0.1) is 5.92 Å². The Morgan fingerprint density at radius 2 is 2.17 bits per heavy atom. The van der Waals surface area contributed by atoms with Gasteiger partial charge in [-0.05, 0) is 37.3 Å². The molecule has 1 amide bonds.